The lowest BCUT2D eigenvalue weighted by Gasteiger charge is -2.15. The molecule has 0 unspecified atom stereocenters. The van der Waals surface area contributed by atoms with Gasteiger partial charge in [-0.3, -0.25) is 0 Å². The summed E-state index contributed by atoms with van der Waals surface area (Å²) >= 11 is 0. The number of hydrogen-bond acceptors (Lipinski definition) is 2. The highest BCUT2D eigenvalue weighted by Gasteiger charge is 2.08. The molecule has 4 aromatic carbocycles. The van der Waals surface area contributed by atoms with E-state index >= 15 is 0 Å². The molecule has 2 heteroatoms. The van der Waals surface area contributed by atoms with E-state index in [9.17, 15) is 0 Å². The predicted molar refractivity (Wildman–Crippen MR) is 121 cm³/mol. The first-order valence-corrected chi connectivity index (χ1v) is 9.78. The largest absolute Gasteiger partial charge is 0.355 e. The van der Waals surface area contributed by atoms with Crippen molar-refractivity contribution in [2.45, 2.75) is 12.8 Å². The van der Waals surface area contributed by atoms with E-state index in [-0.39, 0.29) is 0 Å². The fourth-order valence-electron chi connectivity index (χ4n) is 3.81. The summed E-state index contributed by atoms with van der Waals surface area (Å²) in [4.78, 5) is 0. The average molecular weight is 362 g/mol. The molecular weight excluding hydrogens is 340 g/mol. The molecule has 0 bridgehead atoms. The Bertz CT molecular complexity index is 1200. The molecule has 0 fully saturated rings. The maximum absolute atomic E-state index is 3.60. The van der Waals surface area contributed by atoms with Crippen LogP contribution in [0.1, 0.15) is 12.8 Å². The molecule has 136 valence electrons. The molecule has 4 aromatic rings. The Morgan fingerprint density at radius 1 is 0.607 bits per heavy atom. The summed E-state index contributed by atoms with van der Waals surface area (Å²) in [6.07, 6.45) is 8.89. The molecule has 0 spiro atoms. The van der Waals surface area contributed by atoms with E-state index in [1.165, 1.54) is 27.2 Å². The molecule has 0 saturated heterocycles. The first-order valence-electron chi connectivity index (χ1n) is 9.78. The van der Waals surface area contributed by atoms with Crippen molar-refractivity contribution in [3.63, 3.8) is 0 Å². The van der Waals surface area contributed by atoms with E-state index in [0.29, 0.717) is 0 Å². The lowest BCUT2D eigenvalue weighted by Crippen LogP contribution is -1.99. The molecule has 0 aliphatic heterocycles. The third-order valence-corrected chi connectivity index (χ3v) is 5.21. The molecule has 0 aromatic heterocycles. The van der Waals surface area contributed by atoms with Gasteiger partial charge in [-0.1, -0.05) is 54.6 Å². The van der Waals surface area contributed by atoms with E-state index in [2.05, 4.69) is 102 Å². The maximum Gasteiger partial charge on any atom is 0.0464 e. The smallest absolute Gasteiger partial charge is 0.0464 e. The van der Waals surface area contributed by atoms with Crippen LogP contribution in [-0.2, 0) is 0 Å². The highest BCUT2D eigenvalue weighted by atomic mass is 14.9. The summed E-state index contributed by atoms with van der Waals surface area (Å²) in [5, 5.41) is 12.1. The van der Waals surface area contributed by atoms with Crippen LogP contribution in [-0.4, -0.2) is 0 Å². The van der Waals surface area contributed by atoms with Gasteiger partial charge >= 0.3 is 0 Å². The minimum atomic E-state index is 1.10. The highest BCUT2D eigenvalue weighted by molar-refractivity contribution is 6.08. The van der Waals surface area contributed by atoms with Gasteiger partial charge in [-0.25, -0.2) is 0 Å². The summed E-state index contributed by atoms with van der Waals surface area (Å²) < 4.78 is 0. The fraction of sp³-hybridized carbons (Fsp3) is 0.0769. The molecule has 1 aliphatic carbocycles. The first-order chi connectivity index (χ1) is 13.9. The molecular formula is C26H22N2. The van der Waals surface area contributed by atoms with Crippen LogP contribution in [0.25, 0.3) is 21.5 Å². The fourth-order valence-corrected chi connectivity index (χ4v) is 3.81. The minimum Gasteiger partial charge on any atom is -0.355 e. The molecule has 2 N–H and O–H groups in total. The van der Waals surface area contributed by atoms with Crippen molar-refractivity contribution in [2.75, 3.05) is 10.6 Å². The van der Waals surface area contributed by atoms with Crippen LogP contribution >= 0.6 is 0 Å². The van der Waals surface area contributed by atoms with Gasteiger partial charge in [-0.05, 0) is 66.1 Å². The third-order valence-electron chi connectivity index (χ3n) is 5.21. The van der Waals surface area contributed by atoms with E-state index in [1.807, 2.05) is 6.07 Å². The zero-order valence-electron chi connectivity index (χ0n) is 15.7. The van der Waals surface area contributed by atoms with E-state index < -0.39 is 0 Å². The van der Waals surface area contributed by atoms with E-state index in [4.69, 9.17) is 0 Å². The van der Waals surface area contributed by atoms with Gasteiger partial charge in [-0.15, -0.1) is 0 Å². The second kappa shape index (κ2) is 7.24. The minimum absolute atomic E-state index is 1.10. The van der Waals surface area contributed by atoms with Crippen LogP contribution in [0.15, 0.2) is 103 Å². The molecule has 2 nitrogen and oxygen atoms in total. The summed E-state index contributed by atoms with van der Waals surface area (Å²) in [5.74, 6) is 0. The van der Waals surface area contributed by atoms with Crippen molar-refractivity contribution in [2.24, 2.45) is 0 Å². The number of benzene rings is 4. The SMILES string of the molecule is C1=CC(Nc2cccc3cc4c(Nc5ccccc5)cccc4cc23)=CCC1. The molecule has 5 rings (SSSR count). The lowest BCUT2D eigenvalue weighted by molar-refractivity contribution is 1.02. The summed E-state index contributed by atoms with van der Waals surface area (Å²) in [6.45, 7) is 0. The monoisotopic (exact) mass is 362 g/mol. The van der Waals surface area contributed by atoms with Crippen LogP contribution < -0.4 is 10.6 Å². The average Bonchev–Trinajstić information content (AvgIpc) is 2.75. The number of fused-ring (bicyclic) bond motifs is 2. The van der Waals surface area contributed by atoms with Gasteiger partial charge in [-0.2, -0.15) is 0 Å². The normalized spacial score (nSPS) is 13.5. The third kappa shape index (κ3) is 3.25. The Labute approximate surface area is 165 Å². The molecule has 0 heterocycles. The van der Waals surface area contributed by atoms with Crippen molar-refractivity contribution < 1.29 is 0 Å². The van der Waals surface area contributed by atoms with Crippen molar-refractivity contribution in [1.82, 2.24) is 0 Å². The van der Waals surface area contributed by atoms with Crippen molar-refractivity contribution >= 4 is 38.6 Å². The topological polar surface area (TPSA) is 24.1 Å². The number of para-hydroxylation sites is 1. The summed E-state index contributed by atoms with van der Waals surface area (Å²) in [5.41, 5.74) is 4.56. The Morgan fingerprint density at radius 3 is 1.93 bits per heavy atom. The van der Waals surface area contributed by atoms with Crippen molar-refractivity contribution in [3.8, 4) is 0 Å². The summed E-state index contributed by atoms with van der Waals surface area (Å²) in [7, 11) is 0. The predicted octanol–water partition coefficient (Wildman–Crippen LogP) is 7.38. The van der Waals surface area contributed by atoms with Crippen molar-refractivity contribution in [1.29, 1.82) is 0 Å². The van der Waals surface area contributed by atoms with Gasteiger partial charge in [0.15, 0.2) is 0 Å². The summed E-state index contributed by atoms with van der Waals surface area (Å²) in [6, 6.07) is 27.8. The quantitative estimate of drug-likeness (QED) is 0.370. The van der Waals surface area contributed by atoms with E-state index in [1.54, 1.807) is 0 Å². The van der Waals surface area contributed by atoms with Crippen molar-refractivity contribution in [3.05, 3.63) is 103 Å². The number of hydrogen-bond donors (Lipinski definition) is 2. The Morgan fingerprint density at radius 2 is 1.29 bits per heavy atom. The molecule has 1 aliphatic rings. The second-order valence-corrected chi connectivity index (χ2v) is 7.16. The van der Waals surface area contributed by atoms with Crippen LogP contribution in [0.2, 0.25) is 0 Å². The van der Waals surface area contributed by atoms with E-state index in [0.717, 1.165) is 29.9 Å². The Hall–Kier alpha value is -3.52. The number of rotatable bonds is 4. The zero-order valence-corrected chi connectivity index (χ0v) is 15.7. The molecule has 0 radical (unpaired) electrons. The van der Waals surface area contributed by atoms with Crippen LogP contribution in [0.4, 0.5) is 17.1 Å². The standard InChI is InChI=1S/C26H22N2/c1-3-11-21(12-4-1)27-25-15-7-9-19-18-24-20(17-23(19)25)10-8-16-26(24)28-22-13-5-2-6-14-22/h1,3-5,7-18,27-28H,2,6H2. The Balaban J connectivity index is 1.59. The second-order valence-electron chi connectivity index (χ2n) is 7.16. The number of anilines is 3. The molecule has 0 amide bonds. The highest BCUT2D eigenvalue weighted by Crippen LogP contribution is 2.34. The molecule has 0 saturated carbocycles. The maximum atomic E-state index is 3.60. The molecule has 28 heavy (non-hydrogen) atoms. The number of allylic oxidation sites excluding steroid dienone is 3. The van der Waals surface area contributed by atoms with Gasteiger partial charge in [0.25, 0.3) is 0 Å². The van der Waals surface area contributed by atoms with Crippen LogP contribution in [0.3, 0.4) is 0 Å². The first kappa shape index (κ1) is 16.6. The van der Waals surface area contributed by atoms with Gasteiger partial charge in [0.05, 0.1) is 0 Å². The zero-order chi connectivity index (χ0) is 18.8. The number of nitrogens with one attached hydrogen (secondary N) is 2. The molecule has 0 atom stereocenters. The Kier molecular flexibility index (Phi) is 4.30. The van der Waals surface area contributed by atoms with Gasteiger partial charge in [0, 0.05) is 33.5 Å². The van der Waals surface area contributed by atoms with Gasteiger partial charge in [0.2, 0.25) is 0 Å². The van der Waals surface area contributed by atoms with Gasteiger partial charge < -0.3 is 10.6 Å². The van der Waals surface area contributed by atoms with Crippen LogP contribution in [0.5, 0.6) is 0 Å². The lowest BCUT2D eigenvalue weighted by atomic mass is 10.0. The van der Waals surface area contributed by atoms with Gasteiger partial charge in [0.1, 0.15) is 0 Å². The van der Waals surface area contributed by atoms with Crippen LogP contribution in [0, 0.1) is 0 Å².